The number of pyridine rings is 2. The van der Waals surface area contributed by atoms with E-state index < -0.39 is 5.91 Å². The number of aromatic nitrogens is 2. The summed E-state index contributed by atoms with van der Waals surface area (Å²) >= 11 is 0. The zero-order valence-corrected chi connectivity index (χ0v) is 16.9. The average molecular weight is 391 g/mol. The van der Waals surface area contributed by atoms with Crippen molar-refractivity contribution >= 4 is 5.91 Å². The standard InChI is InChI=1S/C23H25N3O3/c1-4-24-23(28)22-20(15-29-19-10-8-16(2)9-11-19)26(17(3)13-21(22)27)14-18-7-5-6-12-25-18/h5-13H,4,14-15H2,1-3H3,(H,24,28). The smallest absolute Gasteiger partial charge is 0.257 e. The molecule has 1 amide bonds. The molecule has 0 unspecified atom stereocenters. The van der Waals surface area contributed by atoms with E-state index in [0.717, 1.165) is 17.0 Å². The number of amides is 1. The van der Waals surface area contributed by atoms with Crippen LogP contribution in [0.15, 0.2) is 59.5 Å². The van der Waals surface area contributed by atoms with Crippen LogP contribution in [0.25, 0.3) is 0 Å². The molecule has 6 heteroatoms. The second-order valence-electron chi connectivity index (χ2n) is 6.84. The van der Waals surface area contributed by atoms with Gasteiger partial charge in [-0.1, -0.05) is 23.8 Å². The minimum absolute atomic E-state index is 0.0965. The highest BCUT2D eigenvalue weighted by Gasteiger charge is 2.21. The molecule has 2 heterocycles. The first kappa shape index (κ1) is 20.3. The number of hydrogen-bond donors (Lipinski definition) is 1. The van der Waals surface area contributed by atoms with E-state index in [0.29, 0.717) is 24.5 Å². The van der Waals surface area contributed by atoms with Crippen LogP contribution in [0.5, 0.6) is 5.75 Å². The van der Waals surface area contributed by atoms with Crippen molar-refractivity contribution in [1.82, 2.24) is 14.9 Å². The molecule has 1 N–H and O–H groups in total. The molecule has 1 aromatic carbocycles. The number of nitrogens with one attached hydrogen (secondary N) is 1. The lowest BCUT2D eigenvalue weighted by molar-refractivity contribution is 0.0950. The lowest BCUT2D eigenvalue weighted by Crippen LogP contribution is -2.33. The molecule has 2 aromatic heterocycles. The summed E-state index contributed by atoms with van der Waals surface area (Å²) in [6.45, 7) is 6.64. The van der Waals surface area contributed by atoms with Crippen molar-refractivity contribution in [2.75, 3.05) is 6.54 Å². The average Bonchev–Trinajstić information content (AvgIpc) is 2.70. The van der Waals surface area contributed by atoms with E-state index in [2.05, 4.69) is 10.3 Å². The predicted molar refractivity (Wildman–Crippen MR) is 112 cm³/mol. The van der Waals surface area contributed by atoms with Crippen molar-refractivity contribution < 1.29 is 9.53 Å². The molecule has 0 spiro atoms. The number of carbonyl (C=O) groups is 1. The maximum absolute atomic E-state index is 12.7. The first-order valence-electron chi connectivity index (χ1n) is 9.60. The quantitative estimate of drug-likeness (QED) is 0.671. The summed E-state index contributed by atoms with van der Waals surface area (Å²) in [5, 5.41) is 2.74. The van der Waals surface area contributed by atoms with Gasteiger partial charge in [-0.3, -0.25) is 14.6 Å². The number of rotatable bonds is 7. The molecule has 0 aliphatic rings. The summed E-state index contributed by atoms with van der Waals surface area (Å²) < 4.78 is 7.86. The second-order valence-corrected chi connectivity index (χ2v) is 6.84. The van der Waals surface area contributed by atoms with Crippen molar-refractivity contribution in [3.8, 4) is 5.75 Å². The predicted octanol–water partition coefficient (Wildman–Crippen LogP) is 3.24. The molecule has 3 aromatic rings. The Morgan fingerprint density at radius 1 is 1.14 bits per heavy atom. The van der Waals surface area contributed by atoms with Gasteiger partial charge in [0, 0.05) is 24.5 Å². The third kappa shape index (κ3) is 4.90. The third-order valence-corrected chi connectivity index (χ3v) is 4.63. The van der Waals surface area contributed by atoms with Gasteiger partial charge >= 0.3 is 0 Å². The van der Waals surface area contributed by atoms with Crippen LogP contribution in [-0.4, -0.2) is 22.0 Å². The number of hydrogen-bond acceptors (Lipinski definition) is 4. The fourth-order valence-corrected chi connectivity index (χ4v) is 3.13. The Balaban J connectivity index is 2.05. The molecule has 0 saturated carbocycles. The van der Waals surface area contributed by atoms with Crippen molar-refractivity contribution in [1.29, 1.82) is 0 Å². The minimum Gasteiger partial charge on any atom is -0.487 e. The molecule has 0 atom stereocenters. The molecule has 0 aliphatic heterocycles. The summed E-state index contributed by atoms with van der Waals surface area (Å²) in [7, 11) is 0. The summed E-state index contributed by atoms with van der Waals surface area (Å²) in [6.07, 6.45) is 1.72. The lowest BCUT2D eigenvalue weighted by Gasteiger charge is -2.20. The van der Waals surface area contributed by atoms with Crippen LogP contribution in [0.3, 0.4) is 0 Å². The summed E-state index contributed by atoms with van der Waals surface area (Å²) in [6, 6.07) is 14.8. The molecule has 0 fully saturated rings. The van der Waals surface area contributed by atoms with Gasteiger partial charge in [0.2, 0.25) is 0 Å². The normalized spacial score (nSPS) is 10.6. The van der Waals surface area contributed by atoms with Gasteiger partial charge in [0.05, 0.1) is 17.9 Å². The molecule has 6 nitrogen and oxygen atoms in total. The van der Waals surface area contributed by atoms with Crippen LogP contribution in [0.1, 0.15) is 39.9 Å². The fraction of sp³-hybridized carbons (Fsp3) is 0.261. The number of carbonyl (C=O) groups excluding carboxylic acids is 1. The summed E-state index contributed by atoms with van der Waals surface area (Å²) in [5.41, 5.74) is 3.04. The van der Waals surface area contributed by atoms with Crippen LogP contribution < -0.4 is 15.5 Å². The largest absolute Gasteiger partial charge is 0.487 e. The molecular weight excluding hydrogens is 366 g/mol. The first-order valence-corrected chi connectivity index (χ1v) is 9.60. The number of aryl methyl sites for hydroxylation is 2. The molecule has 0 radical (unpaired) electrons. The van der Waals surface area contributed by atoms with Crippen molar-refractivity contribution in [2.24, 2.45) is 0 Å². The van der Waals surface area contributed by atoms with Gasteiger partial charge in [0.25, 0.3) is 5.91 Å². The topological polar surface area (TPSA) is 73.2 Å². The summed E-state index contributed by atoms with van der Waals surface area (Å²) in [5.74, 6) is 0.283. The van der Waals surface area contributed by atoms with Crippen molar-refractivity contribution in [3.63, 3.8) is 0 Å². The van der Waals surface area contributed by atoms with Gasteiger partial charge in [-0.2, -0.15) is 0 Å². The highest BCUT2D eigenvalue weighted by atomic mass is 16.5. The highest BCUT2D eigenvalue weighted by molar-refractivity contribution is 5.95. The Morgan fingerprint density at radius 2 is 1.90 bits per heavy atom. The Kier molecular flexibility index (Phi) is 6.44. The summed E-state index contributed by atoms with van der Waals surface area (Å²) in [4.78, 5) is 29.7. The number of nitrogens with zero attached hydrogens (tertiary/aromatic N) is 2. The van der Waals surface area contributed by atoms with Gasteiger partial charge in [0.1, 0.15) is 17.9 Å². The molecule has 0 aliphatic carbocycles. The Bertz CT molecular complexity index is 1040. The molecular formula is C23H25N3O3. The van der Waals surface area contributed by atoms with E-state index in [-0.39, 0.29) is 17.6 Å². The third-order valence-electron chi connectivity index (χ3n) is 4.63. The molecule has 29 heavy (non-hydrogen) atoms. The van der Waals surface area contributed by atoms with Gasteiger partial charge in [-0.05, 0) is 45.0 Å². The Hall–Kier alpha value is -3.41. The zero-order valence-electron chi connectivity index (χ0n) is 16.9. The SMILES string of the molecule is CCNC(=O)c1c(COc2ccc(C)cc2)n(Cc2ccccn2)c(C)cc1=O. The molecule has 0 saturated heterocycles. The zero-order chi connectivity index (χ0) is 20.8. The van der Waals surface area contributed by atoms with Crippen LogP contribution in [0.2, 0.25) is 0 Å². The maximum atomic E-state index is 12.7. The monoisotopic (exact) mass is 391 g/mol. The van der Waals surface area contributed by atoms with Crippen LogP contribution in [0, 0.1) is 13.8 Å². The van der Waals surface area contributed by atoms with Gasteiger partial charge in [-0.15, -0.1) is 0 Å². The fourth-order valence-electron chi connectivity index (χ4n) is 3.13. The Labute approximate surface area is 170 Å². The van der Waals surface area contributed by atoms with Crippen LogP contribution in [0.4, 0.5) is 0 Å². The van der Waals surface area contributed by atoms with E-state index in [1.54, 1.807) is 6.20 Å². The molecule has 150 valence electrons. The molecule has 0 bridgehead atoms. The van der Waals surface area contributed by atoms with Gasteiger partial charge < -0.3 is 14.6 Å². The Morgan fingerprint density at radius 3 is 2.55 bits per heavy atom. The van der Waals surface area contributed by atoms with E-state index in [1.807, 2.05) is 67.8 Å². The van der Waals surface area contributed by atoms with Crippen LogP contribution in [-0.2, 0) is 13.2 Å². The van der Waals surface area contributed by atoms with E-state index in [4.69, 9.17) is 4.74 Å². The van der Waals surface area contributed by atoms with Crippen LogP contribution >= 0.6 is 0 Å². The number of ether oxygens (including phenoxy) is 1. The van der Waals surface area contributed by atoms with Crippen molar-refractivity contribution in [3.05, 3.63) is 93.2 Å². The highest BCUT2D eigenvalue weighted by Crippen LogP contribution is 2.17. The van der Waals surface area contributed by atoms with E-state index in [1.165, 1.54) is 6.07 Å². The molecule has 3 rings (SSSR count). The second kappa shape index (κ2) is 9.19. The van der Waals surface area contributed by atoms with E-state index in [9.17, 15) is 9.59 Å². The minimum atomic E-state index is -0.394. The van der Waals surface area contributed by atoms with E-state index >= 15 is 0 Å². The van der Waals surface area contributed by atoms with Gasteiger partial charge in [-0.25, -0.2) is 0 Å². The van der Waals surface area contributed by atoms with Gasteiger partial charge in [0.15, 0.2) is 5.43 Å². The maximum Gasteiger partial charge on any atom is 0.257 e. The van der Waals surface area contributed by atoms with Crippen molar-refractivity contribution in [2.45, 2.75) is 33.9 Å². The first-order chi connectivity index (χ1) is 14.0. The lowest BCUT2D eigenvalue weighted by atomic mass is 10.1. The number of benzene rings is 1.